The lowest BCUT2D eigenvalue weighted by atomic mass is 9.64. The monoisotopic (exact) mass is 520 g/mol. The maximum absolute atomic E-state index is 2.50. The molecule has 5 aliphatic carbocycles. The van der Waals surface area contributed by atoms with Gasteiger partial charge in [-0.15, -0.1) is 11.8 Å². The molecule has 5 atom stereocenters. The summed E-state index contributed by atoms with van der Waals surface area (Å²) in [6.07, 6.45) is 32.8. The maximum atomic E-state index is 2.50. The fraction of sp³-hybridized carbons (Fsp3) is 0.211. The van der Waals surface area contributed by atoms with Crippen molar-refractivity contribution in [2.24, 2.45) is 23.7 Å². The normalized spacial score (nSPS) is 31.4. The van der Waals surface area contributed by atoms with Crippen molar-refractivity contribution in [1.29, 1.82) is 0 Å². The molecule has 2 aromatic carbocycles. The van der Waals surface area contributed by atoms with Crippen LogP contribution >= 0.6 is 11.8 Å². The van der Waals surface area contributed by atoms with E-state index in [2.05, 4.69) is 146 Å². The van der Waals surface area contributed by atoms with Gasteiger partial charge in [-0.25, -0.2) is 0 Å². The maximum Gasteiger partial charge on any atom is 0.0530 e. The Morgan fingerprint density at radius 2 is 1.59 bits per heavy atom. The van der Waals surface area contributed by atoms with E-state index in [-0.39, 0.29) is 4.75 Å². The molecule has 0 bridgehead atoms. The summed E-state index contributed by atoms with van der Waals surface area (Å²) in [5.74, 6) is 1.52. The SMILES string of the molecule is CC12SC3=C(C=CC=CC3)C1C=CC=C2C1=c2ccccc2=C(C2C=Cc3ccccc3C2)C2C=CC=CC12. The minimum absolute atomic E-state index is 0.00187. The van der Waals surface area contributed by atoms with Crippen LogP contribution in [0.2, 0.25) is 0 Å². The minimum atomic E-state index is -0.00187. The fourth-order valence-electron chi connectivity index (χ4n) is 7.81. The second-order valence-electron chi connectivity index (χ2n) is 11.6. The van der Waals surface area contributed by atoms with E-state index in [1.54, 1.807) is 5.57 Å². The zero-order chi connectivity index (χ0) is 26.0. The Bertz CT molecular complexity index is 1760. The fourth-order valence-corrected chi connectivity index (χ4v) is 9.44. The Balaban J connectivity index is 1.34. The van der Waals surface area contributed by atoms with E-state index in [0.717, 1.165) is 12.8 Å². The number of rotatable bonds is 2. The molecule has 0 spiro atoms. The molecule has 0 fully saturated rings. The number of fused-ring (bicyclic) bond motifs is 5. The van der Waals surface area contributed by atoms with Gasteiger partial charge >= 0.3 is 0 Å². The van der Waals surface area contributed by atoms with Gasteiger partial charge in [0.15, 0.2) is 0 Å². The minimum Gasteiger partial charge on any atom is -0.118 e. The number of hydrogen-bond acceptors (Lipinski definition) is 1. The van der Waals surface area contributed by atoms with Crippen LogP contribution in [0.25, 0.3) is 17.2 Å². The molecule has 0 saturated heterocycles. The molecular formula is C38H32S. The molecule has 2 aromatic rings. The van der Waals surface area contributed by atoms with Gasteiger partial charge in [0.2, 0.25) is 0 Å². The Hall–Kier alpha value is -3.55. The molecule has 1 aliphatic heterocycles. The predicted molar refractivity (Wildman–Crippen MR) is 167 cm³/mol. The number of benzene rings is 2. The number of allylic oxidation sites excluding steroid dienone is 14. The summed E-state index contributed by atoms with van der Waals surface area (Å²) >= 11 is 2.11. The first-order valence-corrected chi connectivity index (χ1v) is 15.1. The lowest BCUT2D eigenvalue weighted by molar-refractivity contribution is 0.590. The molecule has 0 aromatic heterocycles. The van der Waals surface area contributed by atoms with Crippen molar-refractivity contribution in [1.82, 2.24) is 0 Å². The Labute approximate surface area is 235 Å². The average Bonchev–Trinajstić information content (AvgIpc) is 3.09. The molecule has 0 nitrogen and oxygen atoms in total. The van der Waals surface area contributed by atoms with E-state index < -0.39 is 0 Å². The smallest absolute Gasteiger partial charge is 0.0530 e. The molecule has 0 N–H and O–H groups in total. The molecule has 39 heavy (non-hydrogen) atoms. The Kier molecular flexibility index (Phi) is 5.39. The lowest BCUT2D eigenvalue weighted by Gasteiger charge is -2.42. The highest BCUT2D eigenvalue weighted by atomic mass is 32.2. The largest absolute Gasteiger partial charge is 0.118 e. The molecule has 1 heterocycles. The third-order valence-electron chi connectivity index (χ3n) is 9.56. The van der Waals surface area contributed by atoms with Crippen molar-refractivity contribution in [3.8, 4) is 0 Å². The van der Waals surface area contributed by atoms with Crippen molar-refractivity contribution in [3.63, 3.8) is 0 Å². The van der Waals surface area contributed by atoms with E-state index in [0.29, 0.717) is 23.7 Å². The van der Waals surface area contributed by atoms with Gasteiger partial charge in [-0.1, -0.05) is 128 Å². The third kappa shape index (κ3) is 3.52. The van der Waals surface area contributed by atoms with Gasteiger partial charge in [0, 0.05) is 23.7 Å². The average molecular weight is 521 g/mol. The van der Waals surface area contributed by atoms with Gasteiger partial charge in [-0.3, -0.25) is 0 Å². The summed E-state index contributed by atoms with van der Waals surface area (Å²) in [6, 6.07) is 18.2. The van der Waals surface area contributed by atoms with Crippen LogP contribution in [0.4, 0.5) is 0 Å². The number of thioether (sulfide) groups is 1. The molecule has 0 radical (unpaired) electrons. The van der Waals surface area contributed by atoms with Crippen molar-refractivity contribution >= 4 is 29.0 Å². The van der Waals surface area contributed by atoms with E-state index in [1.807, 2.05) is 0 Å². The molecule has 0 saturated carbocycles. The quantitative estimate of drug-likeness (QED) is 0.392. The zero-order valence-corrected chi connectivity index (χ0v) is 23.1. The Morgan fingerprint density at radius 1 is 0.769 bits per heavy atom. The van der Waals surface area contributed by atoms with Crippen LogP contribution in [0.15, 0.2) is 137 Å². The molecule has 8 rings (SSSR count). The zero-order valence-electron chi connectivity index (χ0n) is 22.3. The van der Waals surface area contributed by atoms with Gasteiger partial charge in [0.25, 0.3) is 0 Å². The number of hydrogen-bond donors (Lipinski definition) is 0. The second-order valence-corrected chi connectivity index (χ2v) is 13.2. The van der Waals surface area contributed by atoms with Gasteiger partial charge in [0.1, 0.15) is 0 Å². The predicted octanol–water partition coefficient (Wildman–Crippen LogP) is 7.63. The molecule has 0 amide bonds. The van der Waals surface area contributed by atoms with E-state index in [9.17, 15) is 0 Å². The van der Waals surface area contributed by atoms with E-state index in [4.69, 9.17) is 0 Å². The first-order chi connectivity index (χ1) is 19.2. The first kappa shape index (κ1) is 23.3. The van der Waals surface area contributed by atoms with Crippen LogP contribution in [-0.4, -0.2) is 4.75 Å². The summed E-state index contributed by atoms with van der Waals surface area (Å²) in [7, 11) is 0. The highest BCUT2D eigenvalue weighted by Gasteiger charge is 2.49. The van der Waals surface area contributed by atoms with Crippen molar-refractivity contribution in [3.05, 3.63) is 159 Å². The summed E-state index contributed by atoms with van der Waals surface area (Å²) in [5.41, 5.74) is 8.96. The third-order valence-corrected chi connectivity index (χ3v) is 11.1. The molecular weight excluding hydrogens is 488 g/mol. The van der Waals surface area contributed by atoms with Gasteiger partial charge in [0.05, 0.1) is 4.75 Å². The van der Waals surface area contributed by atoms with Gasteiger partial charge < -0.3 is 0 Å². The molecule has 5 unspecified atom stereocenters. The van der Waals surface area contributed by atoms with Crippen molar-refractivity contribution in [2.75, 3.05) is 0 Å². The Morgan fingerprint density at radius 3 is 2.51 bits per heavy atom. The van der Waals surface area contributed by atoms with E-state index in [1.165, 1.54) is 43.2 Å². The standard InChI is InChI=1S/C38H32S/c1-38-33(32-18-3-2-4-21-35(32)39-38)19-11-20-34(38)37-30-16-9-7-14-28(30)36(29-15-8-10-17-31(29)37)27-23-22-25-12-5-6-13-26(25)24-27/h2-20,22-23,27-28,30,33H,21,24H2,1H3. The highest BCUT2D eigenvalue weighted by molar-refractivity contribution is 8.05. The summed E-state index contributed by atoms with van der Waals surface area (Å²) in [6.45, 7) is 2.50. The molecule has 190 valence electrons. The van der Waals surface area contributed by atoms with Crippen LogP contribution in [0.1, 0.15) is 24.5 Å². The highest BCUT2D eigenvalue weighted by Crippen LogP contribution is 2.60. The van der Waals surface area contributed by atoms with Crippen molar-refractivity contribution in [2.45, 2.75) is 24.5 Å². The summed E-state index contributed by atoms with van der Waals surface area (Å²) in [4.78, 5) is 1.53. The molecule has 1 heteroatoms. The van der Waals surface area contributed by atoms with Gasteiger partial charge in [-0.05, 0) is 68.5 Å². The van der Waals surface area contributed by atoms with Gasteiger partial charge in [-0.2, -0.15) is 0 Å². The topological polar surface area (TPSA) is 0 Å². The van der Waals surface area contributed by atoms with Crippen LogP contribution in [0.5, 0.6) is 0 Å². The van der Waals surface area contributed by atoms with Crippen LogP contribution < -0.4 is 10.4 Å². The van der Waals surface area contributed by atoms with Crippen LogP contribution in [-0.2, 0) is 6.42 Å². The molecule has 6 aliphatic rings. The second kappa shape index (κ2) is 9.00. The first-order valence-electron chi connectivity index (χ1n) is 14.3. The summed E-state index contributed by atoms with van der Waals surface area (Å²) in [5, 5.41) is 2.87. The lowest BCUT2D eigenvalue weighted by Crippen LogP contribution is -2.45. The van der Waals surface area contributed by atoms with Crippen molar-refractivity contribution < 1.29 is 0 Å². The van der Waals surface area contributed by atoms with Crippen LogP contribution in [0, 0.1) is 23.7 Å². The van der Waals surface area contributed by atoms with Crippen LogP contribution in [0.3, 0.4) is 0 Å². The summed E-state index contributed by atoms with van der Waals surface area (Å²) < 4.78 is -0.00187. The van der Waals surface area contributed by atoms with E-state index >= 15 is 0 Å².